The molecule has 2 heterocycles. The number of ketones is 1. The van der Waals surface area contributed by atoms with Gasteiger partial charge >= 0.3 is 0 Å². The number of Topliss-reactive ketones (excluding diaryl/α,β-unsaturated/α-hetero) is 1. The van der Waals surface area contributed by atoms with Crippen molar-refractivity contribution in [2.45, 2.75) is 31.5 Å². The van der Waals surface area contributed by atoms with Crippen molar-refractivity contribution in [1.29, 1.82) is 0 Å². The van der Waals surface area contributed by atoms with Gasteiger partial charge in [0.15, 0.2) is 17.3 Å². The van der Waals surface area contributed by atoms with E-state index in [-0.39, 0.29) is 29.6 Å². The molecule has 142 valence electrons. The molecule has 4 rings (SSSR count). The number of carbonyl (C=O) groups is 1. The number of aromatic hydroxyl groups is 1. The van der Waals surface area contributed by atoms with Crippen LogP contribution in [0.3, 0.4) is 0 Å². The molecule has 0 bridgehead atoms. The second kappa shape index (κ2) is 7.06. The van der Waals surface area contributed by atoms with Crippen LogP contribution in [-0.4, -0.2) is 47.1 Å². The summed E-state index contributed by atoms with van der Waals surface area (Å²) in [6, 6.07) is 14.2. The first-order chi connectivity index (χ1) is 12.9. The number of likely N-dealkylation sites (tertiary alicyclic amines) is 1. The van der Waals surface area contributed by atoms with Crippen LogP contribution in [0.25, 0.3) is 0 Å². The van der Waals surface area contributed by atoms with E-state index >= 15 is 0 Å². The topological polar surface area (TPSA) is 49.8 Å². The number of phenolic OH excluding ortho intramolecular Hbond substituents is 1. The lowest BCUT2D eigenvalue weighted by Crippen LogP contribution is -2.34. The molecule has 4 nitrogen and oxygen atoms in total. The summed E-state index contributed by atoms with van der Waals surface area (Å²) in [5, 5.41) is 9.26. The number of ether oxygens (including phenoxy) is 1. The van der Waals surface area contributed by atoms with E-state index < -0.39 is 11.6 Å². The highest BCUT2D eigenvalue weighted by Gasteiger charge is 2.47. The number of carbonyl (C=O) groups excluding carboxylic acids is 1. The Morgan fingerprint density at radius 2 is 2.04 bits per heavy atom. The van der Waals surface area contributed by atoms with E-state index in [9.17, 15) is 14.3 Å². The zero-order chi connectivity index (χ0) is 19.0. The van der Waals surface area contributed by atoms with Gasteiger partial charge in [0.2, 0.25) is 0 Å². The predicted octanol–water partition coefficient (Wildman–Crippen LogP) is 3.44. The highest BCUT2D eigenvalue weighted by molar-refractivity contribution is 5.97. The molecule has 0 saturated carbocycles. The summed E-state index contributed by atoms with van der Waals surface area (Å²) < 4.78 is 19.9. The van der Waals surface area contributed by atoms with Crippen LogP contribution in [0.1, 0.15) is 29.3 Å². The second-order valence-electron chi connectivity index (χ2n) is 8.02. The summed E-state index contributed by atoms with van der Waals surface area (Å²) in [4.78, 5) is 14.5. The third-order valence-electron chi connectivity index (χ3n) is 5.64. The van der Waals surface area contributed by atoms with Crippen LogP contribution in [0.2, 0.25) is 0 Å². The molecule has 2 aliphatic rings. The van der Waals surface area contributed by atoms with E-state index in [0.717, 1.165) is 32.0 Å². The van der Waals surface area contributed by atoms with Crippen molar-refractivity contribution in [3.8, 4) is 5.75 Å². The first kappa shape index (κ1) is 18.1. The number of hydrogen-bond donors (Lipinski definition) is 1. The van der Waals surface area contributed by atoms with Crippen molar-refractivity contribution in [2.75, 3.05) is 19.6 Å². The number of hydrogen-bond acceptors (Lipinski definition) is 4. The van der Waals surface area contributed by atoms with Gasteiger partial charge in [-0.15, -0.1) is 0 Å². The van der Waals surface area contributed by atoms with Gasteiger partial charge < -0.3 is 9.84 Å². The van der Waals surface area contributed by atoms with Crippen LogP contribution >= 0.6 is 0 Å². The van der Waals surface area contributed by atoms with Crippen molar-refractivity contribution in [3.05, 3.63) is 65.5 Å². The highest BCUT2D eigenvalue weighted by Crippen LogP contribution is 2.41. The van der Waals surface area contributed by atoms with Gasteiger partial charge in [0, 0.05) is 31.0 Å². The lowest BCUT2D eigenvalue weighted by atomic mass is 9.89. The molecule has 0 spiro atoms. The van der Waals surface area contributed by atoms with Gasteiger partial charge in [-0.05, 0) is 37.1 Å². The molecular weight excluding hydrogens is 345 g/mol. The van der Waals surface area contributed by atoms with Crippen LogP contribution in [0.5, 0.6) is 5.75 Å². The minimum Gasteiger partial charge on any atom is -0.505 e. The maximum absolute atomic E-state index is 13.5. The van der Waals surface area contributed by atoms with E-state index in [1.165, 1.54) is 17.7 Å². The van der Waals surface area contributed by atoms with Gasteiger partial charge in [-0.2, -0.15) is 0 Å². The van der Waals surface area contributed by atoms with Crippen molar-refractivity contribution < 1.29 is 19.0 Å². The Morgan fingerprint density at radius 1 is 1.26 bits per heavy atom. The summed E-state index contributed by atoms with van der Waals surface area (Å²) >= 11 is 0. The van der Waals surface area contributed by atoms with Crippen LogP contribution < -0.4 is 0 Å². The van der Waals surface area contributed by atoms with Gasteiger partial charge in [-0.3, -0.25) is 9.69 Å². The van der Waals surface area contributed by atoms with Gasteiger partial charge in [0.1, 0.15) is 0 Å². The van der Waals surface area contributed by atoms with E-state index in [2.05, 4.69) is 24.0 Å². The van der Waals surface area contributed by atoms with Gasteiger partial charge in [0.05, 0.1) is 18.2 Å². The van der Waals surface area contributed by atoms with E-state index in [4.69, 9.17) is 4.74 Å². The standard InChI is InChI=1S/C22H24FNO3/c1-22(10-15-5-3-2-4-6-15)11-17-12-24(14-21(17)27-22)13-20(26)16-7-8-19(25)18(23)9-16/h2-9,17,21,25H,10-14H2,1H3. The fourth-order valence-corrected chi connectivity index (χ4v) is 4.47. The quantitative estimate of drug-likeness (QED) is 0.821. The Kier molecular flexibility index (Phi) is 4.74. The molecular formula is C22H24FNO3. The zero-order valence-electron chi connectivity index (χ0n) is 15.4. The van der Waals surface area contributed by atoms with Gasteiger partial charge in [-0.25, -0.2) is 4.39 Å². The lowest BCUT2D eigenvalue weighted by molar-refractivity contribution is -0.0310. The molecule has 0 aliphatic carbocycles. The van der Waals surface area contributed by atoms with Crippen LogP contribution in [0.4, 0.5) is 4.39 Å². The SMILES string of the molecule is CC1(Cc2ccccc2)CC2CN(CC(=O)c3ccc(O)c(F)c3)CC2O1. The van der Waals surface area contributed by atoms with Crippen LogP contribution in [-0.2, 0) is 11.2 Å². The number of rotatable bonds is 5. The van der Waals surface area contributed by atoms with Crippen LogP contribution in [0.15, 0.2) is 48.5 Å². The average molecular weight is 369 g/mol. The Hall–Kier alpha value is -2.24. The van der Waals surface area contributed by atoms with E-state index in [0.29, 0.717) is 5.92 Å². The molecule has 0 radical (unpaired) electrons. The van der Waals surface area contributed by atoms with Gasteiger partial charge in [0.25, 0.3) is 0 Å². The maximum Gasteiger partial charge on any atom is 0.176 e. The first-order valence-corrected chi connectivity index (χ1v) is 9.38. The van der Waals surface area contributed by atoms with Crippen molar-refractivity contribution in [3.63, 3.8) is 0 Å². The fraction of sp³-hybridized carbons (Fsp3) is 0.409. The molecule has 2 saturated heterocycles. The Balaban J connectivity index is 1.34. The minimum atomic E-state index is -0.765. The molecule has 27 heavy (non-hydrogen) atoms. The molecule has 2 aliphatic heterocycles. The summed E-state index contributed by atoms with van der Waals surface area (Å²) in [7, 11) is 0. The van der Waals surface area contributed by atoms with Gasteiger partial charge in [-0.1, -0.05) is 30.3 Å². The average Bonchev–Trinajstić information content (AvgIpc) is 3.11. The molecule has 0 aromatic heterocycles. The fourth-order valence-electron chi connectivity index (χ4n) is 4.47. The van der Waals surface area contributed by atoms with Crippen molar-refractivity contribution in [2.24, 2.45) is 5.92 Å². The molecule has 2 aromatic rings. The van der Waals surface area contributed by atoms with E-state index in [1.54, 1.807) is 0 Å². The first-order valence-electron chi connectivity index (χ1n) is 9.38. The molecule has 2 aromatic carbocycles. The number of benzene rings is 2. The Morgan fingerprint density at radius 3 is 2.74 bits per heavy atom. The lowest BCUT2D eigenvalue weighted by Gasteiger charge is -2.27. The molecule has 2 fully saturated rings. The molecule has 5 heteroatoms. The Labute approximate surface area is 158 Å². The summed E-state index contributed by atoms with van der Waals surface area (Å²) in [5.41, 5.74) is 1.41. The number of nitrogens with zero attached hydrogens (tertiary/aromatic N) is 1. The largest absolute Gasteiger partial charge is 0.505 e. The summed E-state index contributed by atoms with van der Waals surface area (Å²) in [5.74, 6) is -0.920. The highest BCUT2D eigenvalue weighted by atomic mass is 19.1. The second-order valence-corrected chi connectivity index (χ2v) is 8.02. The maximum atomic E-state index is 13.5. The summed E-state index contributed by atoms with van der Waals surface area (Å²) in [6.07, 6.45) is 2.01. The third kappa shape index (κ3) is 3.89. The zero-order valence-corrected chi connectivity index (χ0v) is 15.4. The van der Waals surface area contributed by atoms with Crippen molar-refractivity contribution in [1.82, 2.24) is 4.90 Å². The van der Waals surface area contributed by atoms with Crippen molar-refractivity contribution >= 4 is 5.78 Å². The monoisotopic (exact) mass is 369 g/mol. The number of halogens is 1. The molecule has 3 unspecified atom stereocenters. The Bertz CT molecular complexity index is 825. The number of phenols is 1. The molecule has 3 atom stereocenters. The molecule has 1 N–H and O–H groups in total. The third-order valence-corrected chi connectivity index (χ3v) is 5.64. The number of fused-ring (bicyclic) bond motifs is 1. The van der Waals surface area contributed by atoms with Crippen LogP contribution in [0, 0.1) is 11.7 Å². The van der Waals surface area contributed by atoms with E-state index in [1.807, 2.05) is 18.2 Å². The normalized spacial score (nSPS) is 27.6. The molecule has 0 amide bonds. The summed E-state index contributed by atoms with van der Waals surface area (Å²) in [6.45, 7) is 3.96. The smallest absolute Gasteiger partial charge is 0.176 e. The minimum absolute atomic E-state index is 0.138. The predicted molar refractivity (Wildman–Crippen MR) is 100 cm³/mol.